The van der Waals surface area contributed by atoms with Crippen LogP contribution in [-0.4, -0.2) is 0 Å². The first kappa shape index (κ1) is 12.8. The van der Waals surface area contributed by atoms with E-state index >= 15 is 0 Å². The van der Waals surface area contributed by atoms with Crippen LogP contribution in [0.3, 0.4) is 0 Å². The second-order valence-corrected chi connectivity index (χ2v) is 7.25. The second kappa shape index (κ2) is 5.05. The largest absolute Gasteiger partial charge is 0.113 e. The summed E-state index contributed by atoms with van der Waals surface area (Å²) in [6.07, 6.45) is 3.59. The fourth-order valence-corrected chi connectivity index (χ4v) is 4.42. The Morgan fingerprint density at radius 3 is 2.56 bits per heavy atom. The molecule has 0 saturated heterocycles. The minimum absolute atomic E-state index is 0.216. The van der Waals surface area contributed by atoms with E-state index in [0.29, 0.717) is 8.67 Å². The van der Waals surface area contributed by atoms with Gasteiger partial charge >= 0.3 is 0 Å². The monoisotopic (exact) mass is 316 g/mol. The highest BCUT2D eigenvalue weighted by Crippen LogP contribution is 2.41. The minimum atomic E-state index is -0.216. The van der Waals surface area contributed by atoms with Crippen LogP contribution in [0, 0.1) is 0 Å². The summed E-state index contributed by atoms with van der Waals surface area (Å²) in [5.74, 6) is 0. The number of fused-ring (bicyclic) bond motifs is 1. The number of benzene rings is 1. The topological polar surface area (TPSA) is 0 Å². The molecule has 2 aromatic rings. The number of aryl methyl sites for hydroxylation is 2. The molecule has 4 heteroatoms. The number of hydrogen-bond acceptors (Lipinski definition) is 1. The first-order valence-electron chi connectivity index (χ1n) is 5.85. The maximum atomic E-state index is 6.52. The lowest BCUT2D eigenvalue weighted by atomic mass is 10.0. The molecule has 0 bridgehead atoms. The zero-order chi connectivity index (χ0) is 12.7. The average molecular weight is 318 g/mol. The van der Waals surface area contributed by atoms with E-state index in [0.717, 1.165) is 17.5 Å². The molecule has 1 aliphatic carbocycles. The van der Waals surface area contributed by atoms with Crippen molar-refractivity contribution in [2.24, 2.45) is 0 Å². The van der Waals surface area contributed by atoms with Gasteiger partial charge in [-0.3, -0.25) is 0 Å². The highest BCUT2D eigenvalue weighted by molar-refractivity contribution is 7.20. The minimum Gasteiger partial charge on any atom is -0.113 e. The summed E-state index contributed by atoms with van der Waals surface area (Å²) < 4.78 is 1.36. The highest BCUT2D eigenvalue weighted by Gasteiger charge is 2.19. The molecule has 0 radical (unpaired) electrons. The van der Waals surface area contributed by atoms with Gasteiger partial charge < -0.3 is 0 Å². The lowest BCUT2D eigenvalue weighted by Crippen LogP contribution is -1.94. The van der Waals surface area contributed by atoms with Crippen LogP contribution >= 0.6 is 46.1 Å². The molecule has 18 heavy (non-hydrogen) atoms. The molecule has 0 amide bonds. The summed E-state index contributed by atoms with van der Waals surface area (Å²) in [5, 5.41) is -0.216. The summed E-state index contributed by atoms with van der Waals surface area (Å²) in [5.41, 5.74) is 4.90. The van der Waals surface area contributed by atoms with E-state index in [1.165, 1.54) is 35.3 Å². The van der Waals surface area contributed by atoms with Crippen molar-refractivity contribution in [1.29, 1.82) is 0 Å². The maximum absolute atomic E-state index is 6.52. The first-order valence-corrected chi connectivity index (χ1v) is 7.86. The van der Waals surface area contributed by atoms with Crippen LogP contribution in [-0.2, 0) is 12.8 Å². The Morgan fingerprint density at radius 2 is 1.83 bits per heavy atom. The van der Waals surface area contributed by atoms with E-state index in [1.54, 1.807) is 0 Å². The molecule has 1 aromatic carbocycles. The van der Waals surface area contributed by atoms with E-state index in [1.807, 2.05) is 6.07 Å². The van der Waals surface area contributed by atoms with Gasteiger partial charge in [-0.05, 0) is 42.0 Å². The Kier molecular flexibility index (Phi) is 3.59. The lowest BCUT2D eigenvalue weighted by molar-refractivity contribution is 0.911. The van der Waals surface area contributed by atoms with Gasteiger partial charge in [-0.1, -0.05) is 41.4 Å². The number of hydrogen-bond donors (Lipinski definition) is 0. The second-order valence-electron chi connectivity index (χ2n) is 4.52. The molecule has 0 spiro atoms. The van der Waals surface area contributed by atoms with Gasteiger partial charge in [-0.2, -0.15) is 0 Å². The fourth-order valence-electron chi connectivity index (χ4n) is 2.45. The Morgan fingerprint density at radius 1 is 1.06 bits per heavy atom. The van der Waals surface area contributed by atoms with Crippen LogP contribution < -0.4 is 0 Å². The van der Waals surface area contributed by atoms with Crippen LogP contribution in [0.1, 0.15) is 34.1 Å². The van der Waals surface area contributed by atoms with Crippen LogP contribution in [0.4, 0.5) is 0 Å². The fraction of sp³-hybridized carbons (Fsp3) is 0.286. The van der Waals surface area contributed by atoms with Gasteiger partial charge in [0.2, 0.25) is 0 Å². The molecule has 0 aliphatic heterocycles. The molecule has 0 nitrogen and oxygen atoms in total. The predicted octanol–water partition coefficient (Wildman–Crippen LogP) is 5.87. The lowest BCUT2D eigenvalue weighted by Gasteiger charge is -2.11. The molecule has 1 heterocycles. The smallest absolute Gasteiger partial charge is 0.0994 e. The summed E-state index contributed by atoms with van der Waals surface area (Å²) in [4.78, 5) is 0. The summed E-state index contributed by atoms with van der Waals surface area (Å²) in [6, 6.07) is 8.36. The molecule has 1 aliphatic rings. The molecular weight excluding hydrogens is 307 g/mol. The molecule has 1 unspecified atom stereocenters. The third-order valence-electron chi connectivity index (χ3n) is 3.37. The van der Waals surface area contributed by atoms with Crippen LogP contribution in [0.15, 0.2) is 24.3 Å². The summed E-state index contributed by atoms with van der Waals surface area (Å²) in [6.45, 7) is 0. The van der Waals surface area contributed by atoms with Gasteiger partial charge in [0.05, 0.1) is 14.0 Å². The van der Waals surface area contributed by atoms with E-state index in [4.69, 9.17) is 34.8 Å². The quantitative estimate of drug-likeness (QED) is 0.607. The number of thiophene rings is 1. The van der Waals surface area contributed by atoms with E-state index < -0.39 is 0 Å². The van der Waals surface area contributed by atoms with E-state index in [9.17, 15) is 0 Å². The third-order valence-corrected chi connectivity index (χ3v) is 5.38. The third kappa shape index (κ3) is 2.30. The average Bonchev–Trinajstić information content (AvgIpc) is 2.93. The maximum Gasteiger partial charge on any atom is 0.0994 e. The van der Waals surface area contributed by atoms with Gasteiger partial charge in [0.1, 0.15) is 0 Å². The zero-order valence-electron chi connectivity index (χ0n) is 9.55. The Labute approximate surface area is 125 Å². The molecule has 94 valence electrons. The standard InChI is InChI=1S/C14H11Cl3S/c15-12-7-11(14(17)18-12)13(16)10-5-4-8-2-1-3-9(8)6-10/h4-7,13H,1-3H2. The van der Waals surface area contributed by atoms with Crippen molar-refractivity contribution in [2.45, 2.75) is 24.6 Å². The molecule has 1 aromatic heterocycles. The molecule has 0 N–H and O–H groups in total. The summed E-state index contributed by atoms with van der Waals surface area (Å²) >= 11 is 20.0. The van der Waals surface area contributed by atoms with Gasteiger partial charge in [0.25, 0.3) is 0 Å². The van der Waals surface area contributed by atoms with Gasteiger partial charge in [-0.25, -0.2) is 0 Å². The molecule has 3 rings (SSSR count). The van der Waals surface area contributed by atoms with Gasteiger partial charge in [0.15, 0.2) is 0 Å². The first-order chi connectivity index (χ1) is 8.65. The van der Waals surface area contributed by atoms with Crippen molar-refractivity contribution >= 4 is 46.1 Å². The highest BCUT2D eigenvalue weighted by atomic mass is 35.5. The Bertz CT molecular complexity index is 589. The number of halogens is 3. The van der Waals surface area contributed by atoms with E-state index in [2.05, 4.69) is 18.2 Å². The molecule has 0 saturated carbocycles. The molecular formula is C14H11Cl3S. The number of alkyl halides is 1. The van der Waals surface area contributed by atoms with Gasteiger partial charge in [0, 0.05) is 5.56 Å². The Balaban J connectivity index is 1.97. The van der Waals surface area contributed by atoms with E-state index in [-0.39, 0.29) is 5.38 Å². The van der Waals surface area contributed by atoms with Crippen LogP contribution in [0.5, 0.6) is 0 Å². The van der Waals surface area contributed by atoms with Crippen molar-refractivity contribution in [2.75, 3.05) is 0 Å². The van der Waals surface area contributed by atoms with Crippen molar-refractivity contribution in [1.82, 2.24) is 0 Å². The zero-order valence-corrected chi connectivity index (χ0v) is 12.6. The predicted molar refractivity (Wildman–Crippen MR) is 80.5 cm³/mol. The summed E-state index contributed by atoms with van der Waals surface area (Å²) in [7, 11) is 0. The van der Waals surface area contributed by atoms with Crippen LogP contribution in [0.25, 0.3) is 0 Å². The van der Waals surface area contributed by atoms with Crippen LogP contribution in [0.2, 0.25) is 8.67 Å². The number of rotatable bonds is 2. The van der Waals surface area contributed by atoms with Crippen molar-refractivity contribution < 1.29 is 0 Å². The molecule has 1 atom stereocenters. The van der Waals surface area contributed by atoms with Crippen molar-refractivity contribution in [3.05, 3.63) is 55.2 Å². The Hall–Kier alpha value is -0.210. The van der Waals surface area contributed by atoms with Crippen molar-refractivity contribution in [3.63, 3.8) is 0 Å². The van der Waals surface area contributed by atoms with Gasteiger partial charge in [-0.15, -0.1) is 22.9 Å². The molecule has 0 fully saturated rings. The van der Waals surface area contributed by atoms with Crippen molar-refractivity contribution in [3.8, 4) is 0 Å². The normalized spacial score (nSPS) is 15.7. The SMILES string of the molecule is Clc1cc(C(Cl)c2ccc3c(c2)CCC3)c(Cl)s1.